The Bertz CT molecular complexity index is 710. The number of aromatic nitrogens is 2. The van der Waals surface area contributed by atoms with Crippen LogP contribution < -0.4 is 10.1 Å². The van der Waals surface area contributed by atoms with Crippen molar-refractivity contribution in [1.29, 1.82) is 0 Å². The van der Waals surface area contributed by atoms with Crippen molar-refractivity contribution in [3.8, 4) is 17.1 Å². The van der Waals surface area contributed by atoms with Gasteiger partial charge in [-0.1, -0.05) is 16.9 Å². The maximum absolute atomic E-state index is 11.8. The number of alkyl carbamates (subject to hydrolysis) is 1. The topological polar surface area (TPSA) is 86.5 Å². The third kappa shape index (κ3) is 5.16. The second-order valence-corrected chi connectivity index (χ2v) is 6.77. The van der Waals surface area contributed by atoms with Crippen molar-refractivity contribution < 1.29 is 18.8 Å². The highest BCUT2D eigenvalue weighted by atomic mass is 32.2. The van der Waals surface area contributed by atoms with E-state index in [0.29, 0.717) is 23.3 Å². The molecule has 0 bridgehead atoms. The number of nitrogens with one attached hydrogen (secondary N) is 1. The number of carbonyl (C=O) groups excluding carboxylic acids is 1. The molecule has 0 fully saturated rings. The average molecular weight is 351 g/mol. The molecule has 0 saturated carbocycles. The summed E-state index contributed by atoms with van der Waals surface area (Å²) in [5.41, 5.74) is 1.05. The fraction of sp³-hybridized carbons (Fsp3) is 0.438. The highest BCUT2D eigenvalue weighted by Crippen LogP contribution is 2.25. The first-order valence-corrected chi connectivity index (χ1v) is 8.56. The number of carbonyl (C=O) groups is 1. The van der Waals surface area contributed by atoms with Gasteiger partial charge < -0.3 is 19.3 Å². The SMILES string of the molecule is COc1cc(CNC(=O)OC(C)(C)C)cc(-c2noc(SC)n2)c1. The van der Waals surface area contributed by atoms with E-state index < -0.39 is 11.7 Å². The van der Waals surface area contributed by atoms with Crippen molar-refractivity contribution in [3.05, 3.63) is 23.8 Å². The van der Waals surface area contributed by atoms with E-state index in [0.717, 1.165) is 11.1 Å². The Morgan fingerprint density at radius 2 is 2.08 bits per heavy atom. The first kappa shape index (κ1) is 18.1. The summed E-state index contributed by atoms with van der Waals surface area (Å²) >= 11 is 1.37. The molecule has 0 unspecified atom stereocenters. The van der Waals surface area contributed by atoms with E-state index in [1.165, 1.54) is 11.8 Å². The van der Waals surface area contributed by atoms with Crippen LogP contribution in [-0.4, -0.2) is 35.2 Å². The molecule has 8 heteroatoms. The van der Waals surface area contributed by atoms with E-state index in [1.54, 1.807) is 7.11 Å². The molecule has 0 saturated heterocycles. The molecule has 0 aliphatic carbocycles. The van der Waals surface area contributed by atoms with Gasteiger partial charge in [-0.2, -0.15) is 4.98 Å². The fourth-order valence-electron chi connectivity index (χ4n) is 1.91. The molecule has 1 aromatic heterocycles. The molecule has 7 nitrogen and oxygen atoms in total. The molecular formula is C16H21N3O4S. The third-order valence-corrected chi connectivity index (χ3v) is 3.39. The van der Waals surface area contributed by atoms with Gasteiger partial charge in [0.1, 0.15) is 11.4 Å². The standard InChI is InChI=1S/C16H21N3O4S/c1-16(2,3)22-14(20)17-9-10-6-11(8-12(7-10)21-4)13-18-15(24-5)23-19-13/h6-8H,9H2,1-5H3,(H,17,20). The number of benzene rings is 1. The van der Waals surface area contributed by atoms with Crippen LogP contribution in [0.1, 0.15) is 26.3 Å². The van der Waals surface area contributed by atoms with E-state index in [-0.39, 0.29) is 0 Å². The van der Waals surface area contributed by atoms with Gasteiger partial charge in [0.2, 0.25) is 5.82 Å². The lowest BCUT2D eigenvalue weighted by atomic mass is 10.1. The van der Waals surface area contributed by atoms with Crippen molar-refractivity contribution in [2.75, 3.05) is 13.4 Å². The summed E-state index contributed by atoms with van der Waals surface area (Å²) in [6, 6.07) is 5.51. The Kier molecular flexibility index (Phi) is 5.71. The number of ether oxygens (including phenoxy) is 2. The highest BCUT2D eigenvalue weighted by Gasteiger charge is 2.16. The molecule has 1 heterocycles. The van der Waals surface area contributed by atoms with Gasteiger partial charge in [0.25, 0.3) is 5.22 Å². The predicted molar refractivity (Wildman–Crippen MR) is 91.1 cm³/mol. The zero-order chi connectivity index (χ0) is 17.7. The van der Waals surface area contributed by atoms with E-state index >= 15 is 0 Å². The van der Waals surface area contributed by atoms with Crippen LogP contribution in [0.25, 0.3) is 11.4 Å². The summed E-state index contributed by atoms with van der Waals surface area (Å²) in [7, 11) is 1.58. The quantitative estimate of drug-likeness (QED) is 0.825. The molecule has 0 aliphatic heterocycles. The Morgan fingerprint density at radius 3 is 2.67 bits per heavy atom. The number of thioether (sulfide) groups is 1. The van der Waals surface area contributed by atoms with Crippen LogP contribution in [0.5, 0.6) is 5.75 Å². The van der Waals surface area contributed by atoms with E-state index in [9.17, 15) is 4.79 Å². The highest BCUT2D eigenvalue weighted by molar-refractivity contribution is 7.98. The zero-order valence-corrected chi connectivity index (χ0v) is 15.2. The summed E-state index contributed by atoms with van der Waals surface area (Å²) in [5, 5.41) is 7.15. The van der Waals surface area contributed by atoms with Crippen LogP contribution in [0.2, 0.25) is 0 Å². The summed E-state index contributed by atoms with van der Waals surface area (Å²) in [5.74, 6) is 1.11. The Morgan fingerprint density at radius 1 is 1.33 bits per heavy atom. The number of amides is 1. The van der Waals surface area contributed by atoms with Crippen LogP contribution >= 0.6 is 11.8 Å². The van der Waals surface area contributed by atoms with Gasteiger partial charge in [-0.25, -0.2) is 4.79 Å². The van der Waals surface area contributed by atoms with Crippen molar-refractivity contribution in [2.24, 2.45) is 0 Å². The third-order valence-electron chi connectivity index (χ3n) is 2.88. The molecule has 2 rings (SSSR count). The largest absolute Gasteiger partial charge is 0.497 e. The molecule has 1 amide bonds. The van der Waals surface area contributed by atoms with Gasteiger partial charge in [0, 0.05) is 12.1 Å². The normalized spacial score (nSPS) is 11.2. The van der Waals surface area contributed by atoms with Crippen molar-refractivity contribution in [2.45, 2.75) is 38.1 Å². The van der Waals surface area contributed by atoms with Gasteiger partial charge in [0.15, 0.2) is 0 Å². The molecule has 24 heavy (non-hydrogen) atoms. The molecule has 0 radical (unpaired) electrons. The number of hydrogen-bond donors (Lipinski definition) is 1. The van der Waals surface area contributed by atoms with Crippen LogP contribution in [0.4, 0.5) is 4.79 Å². The fourth-order valence-corrected chi connectivity index (χ4v) is 2.20. The number of methoxy groups -OCH3 is 1. The number of rotatable bonds is 5. The average Bonchev–Trinajstić information content (AvgIpc) is 3.00. The minimum absolute atomic E-state index is 0.298. The van der Waals surface area contributed by atoms with Gasteiger partial charge in [-0.15, -0.1) is 0 Å². The molecule has 0 spiro atoms. The molecule has 130 valence electrons. The van der Waals surface area contributed by atoms with Crippen LogP contribution in [0.3, 0.4) is 0 Å². The van der Waals surface area contributed by atoms with Gasteiger partial charge in [0.05, 0.1) is 7.11 Å². The lowest BCUT2D eigenvalue weighted by Crippen LogP contribution is -2.32. The minimum Gasteiger partial charge on any atom is -0.497 e. The first-order chi connectivity index (χ1) is 11.3. The molecule has 0 aliphatic rings. The van der Waals surface area contributed by atoms with E-state index in [4.69, 9.17) is 14.0 Å². The second-order valence-electron chi connectivity index (χ2n) is 6.01. The second kappa shape index (κ2) is 7.57. The molecule has 1 aromatic carbocycles. The molecule has 0 atom stereocenters. The summed E-state index contributed by atoms with van der Waals surface area (Å²) in [4.78, 5) is 16.1. The molecule has 1 N–H and O–H groups in total. The van der Waals surface area contributed by atoms with Gasteiger partial charge >= 0.3 is 6.09 Å². The van der Waals surface area contributed by atoms with Crippen molar-refractivity contribution in [1.82, 2.24) is 15.5 Å². The Hall–Kier alpha value is -2.22. The van der Waals surface area contributed by atoms with Crippen molar-refractivity contribution in [3.63, 3.8) is 0 Å². The van der Waals surface area contributed by atoms with E-state index in [1.807, 2.05) is 45.2 Å². The molecular weight excluding hydrogens is 330 g/mol. The minimum atomic E-state index is -0.539. The smallest absolute Gasteiger partial charge is 0.407 e. The monoisotopic (exact) mass is 351 g/mol. The Labute approximate surface area is 145 Å². The lowest BCUT2D eigenvalue weighted by molar-refractivity contribution is 0.0523. The summed E-state index contributed by atoms with van der Waals surface area (Å²) in [6.45, 7) is 5.74. The maximum atomic E-state index is 11.8. The number of nitrogens with zero attached hydrogens (tertiary/aromatic N) is 2. The van der Waals surface area contributed by atoms with Gasteiger partial charge in [-0.3, -0.25) is 0 Å². The van der Waals surface area contributed by atoms with E-state index in [2.05, 4.69) is 15.5 Å². The van der Waals surface area contributed by atoms with Crippen molar-refractivity contribution >= 4 is 17.9 Å². The van der Waals surface area contributed by atoms with Crippen LogP contribution in [-0.2, 0) is 11.3 Å². The summed E-state index contributed by atoms with van der Waals surface area (Å²) < 4.78 is 15.6. The zero-order valence-electron chi connectivity index (χ0n) is 14.4. The van der Waals surface area contributed by atoms with Crippen LogP contribution in [0, 0.1) is 0 Å². The predicted octanol–water partition coefficient (Wildman–Crippen LogP) is 3.49. The maximum Gasteiger partial charge on any atom is 0.407 e. The van der Waals surface area contributed by atoms with Gasteiger partial charge in [-0.05, 0) is 50.8 Å². The summed E-state index contributed by atoms with van der Waals surface area (Å²) in [6.07, 6.45) is 1.38. The first-order valence-electron chi connectivity index (χ1n) is 7.33. The lowest BCUT2D eigenvalue weighted by Gasteiger charge is -2.19. The van der Waals surface area contributed by atoms with Crippen LogP contribution in [0.15, 0.2) is 27.9 Å². The molecule has 2 aromatic rings. The Balaban J connectivity index is 2.15. The number of hydrogen-bond acceptors (Lipinski definition) is 7.